The summed E-state index contributed by atoms with van der Waals surface area (Å²) >= 11 is 0. The number of tetrazole rings is 1. The molecule has 0 aliphatic heterocycles. The Hall–Kier alpha value is -3.03. The number of carbonyl (C=O) groups is 1. The van der Waals surface area contributed by atoms with Gasteiger partial charge in [0.1, 0.15) is 5.69 Å². The monoisotopic (exact) mass is 283 g/mol. The number of hydrogen-bond acceptors (Lipinski definition) is 5. The van der Waals surface area contributed by atoms with Gasteiger partial charge in [-0.1, -0.05) is 35.5 Å². The van der Waals surface area contributed by atoms with Crippen molar-refractivity contribution >= 4 is 5.91 Å². The van der Waals surface area contributed by atoms with Gasteiger partial charge in [0.25, 0.3) is 5.91 Å². The molecule has 2 heterocycles. The first-order valence-corrected chi connectivity index (χ1v) is 6.36. The third-order valence-corrected chi connectivity index (χ3v) is 3.08. The van der Waals surface area contributed by atoms with Crippen LogP contribution < -0.4 is 5.32 Å². The molecule has 0 spiro atoms. The molecule has 0 aliphatic carbocycles. The summed E-state index contributed by atoms with van der Waals surface area (Å²) in [7, 11) is 0. The van der Waals surface area contributed by atoms with Crippen LogP contribution in [-0.4, -0.2) is 36.7 Å². The van der Waals surface area contributed by atoms with Crippen molar-refractivity contribution in [1.82, 2.24) is 36.1 Å². The SMILES string of the molecule is Cc1c(-c2ccccc2)n[nH]c1C(=O)NCc1nn[nH]n1. The molecule has 0 saturated carbocycles. The van der Waals surface area contributed by atoms with Gasteiger partial charge in [-0.25, -0.2) is 0 Å². The Balaban J connectivity index is 1.77. The molecule has 3 aromatic rings. The fourth-order valence-electron chi connectivity index (χ4n) is 2.00. The fraction of sp³-hybridized carbons (Fsp3) is 0.154. The Kier molecular flexibility index (Phi) is 3.42. The standard InChI is InChI=1S/C13H13N7O/c1-8-11(9-5-3-2-4-6-9)17-18-12(8)13(21)14-7-10-15-19-20-16-10/h2-6H,7H2,1H3,(H,14,21)(H,17,18)(H,15,16,19,20). The van der Waals surface area contributed by atoms with E-state index in [1.54, 1.807) is 0 Å². The molecule has 21 heavy (non-hydrogen) atoms. The van der Waals surface area contributed by atoms with Crippen molar-refractivity contribution in [3.8, 4) is 11.3 Å². The molecule has 106 valence electrons. The molecule has 0 radical (unpaired) electrons. The fourth-order valence-corrected chi connectivity index (χ4v) is 2.00. The summed E-state index contributed by atoms with van der Waals surface area (Å²) in [4.78, 5) is 12.1. The van der Waals surface area contributed by atoms with Crippen LogP contribution in [0.2, 0.25) is 0 Å². The van der Waals surface area contributed by atoms with Crippen LogP contribution in [0.25, 0.3) is 11.3 Å². The normalized spacial score (nSPS) is 10.5. The van der Waals surface area contributed by atoms with Gasteiger partial charge in [-0.05, 0) is 6.92 Å². The predicted octanol–water partition coefficient (Wildman–Crippen LogP) is 0.828. The Labute approximate surface area is 120 Å². The highest BCUT2D eigenvalue weighted by Gasteiger charge is 2.16. The quantitative estimate of drug-likeness (QED) is 0.656. The molecular formula is C13H13N7O. The lowest BCUT2D eigenvalue weighted by Gasteiger charge is -2.02. The van der Waals surface area contributed by atoms with Crippen molar-refractivity contribution < 1.29 is 4.79 Å². The van der Waals surface area contributed by atoms with E-state index in [1.165, 1.54) is 0 Å². The van der Waals surface area contributed by atoms with Gasteiger partial charge in [0.15, 0.2) is 5.82 Å². The lowest BCUT2D eigenvalue weighted by Crippen LogP contribution is -2.24. The van der Waals surface area contributed by atoms with Crippen molar-refractivity contribution in [3.05, 3.63) is 47.4 Å². The molecule has 1 amide bonds. The number of aromatic amines is 2. The summed E-state index contributed by atoms with van der Waals surface area (Å²) in [5.41, 5.74) is 2.95. The Morgan fingerprint density at radius 1 is 1.24 bits per heavy atom. The second-order valence-corrected chi connectivity index (χ2v) is 4.45. The highest BCUT2D eigenvalue weighted by atomic mass is 16.1. The summed E-state index contributed by atoms with van der Waals surface area (Å²) < 4.78 is 0. The predicted molar refractivity (Wildman–Crippen MR) is 74.1 cm³/mol. The van der Waals surface area contributed by atoms with Crippen LogP contribution >= 0.6 is 0 Å². The minimum atomic E-state index is -0.257. The van der Waals surface area contributed by atoms with Gasteiger partial charge in [-0.3, -0.25) is 9.89 Å². The maximum atomic E-state index is 12.1. The minimum absolute atomic E-state index is 0.203. The van der Waals surface area contributed by atoms with E-state index in [1.807, 2.05) is 37.3 Å². The van der Waals surface area contributed by atoms with Crippen molar-refractivity contribution in [2.24, 2.45) is 0 Å². The van der Waals surface area contributed by atoms with Gasteiger partial charge >= 0.3 is 0 Å². The number of H-pyrrole nitrogens is 2. The Bertz CT molecular complexity index is 733. The summed E-state index contributed by atoms with van der Waals surface area (Å²) in [6.45, 7) is 2.06. The first-order valence-electron chi connectivity index (χ1n) is 6.36. The van der Waals surface area contributed by atoms with Crippen molar-refractivity contribution in [2.45, 2.75) is 13.5 Å². The van der Waals surface area contributed by atoms with Crippen molar-refractivity contribution in [1.29, 1.82) is 0 Å². The molecule has 0 saturated heterocycles. The van der Waals surface area contributed by atoms with E-state index in [9.17, 15) is 4.79 Å². The number of amides is 1. The first-order chi connectivity index (χ1) is 10.3. The second kappa shape index (κ2) is 5.53. The summed E-state index contributed by atoms with van der Waals surface area (Å²) in [6.07, 6.45) is 0. The molecule has 0 atom stereocenters. The maximum absolute atomic E-state index is 12.1. The van der Waals surface area contributed by atoms with E-state index in [4.69, 9.17) is 0 Å². The second-order valence-electron chi connectivity index (χ2n) is 4.45. The third kappa shape index (κ3) is 2.64. The van der Waals surface area contributed by atoms with Crippen LogP contribution in [0.5, 0.6) is 0 Å². The Morgan fingerprint density at radius 3 is 2.76 bits per heavy atom. The van der Waals surface area contributed by atoms with E-state index >= 15 is 0 Å². The van der Waals surface area contributed by atoms with Gasteiger partial charge in [0.2, 0.25) is 0 Å². The lowest BCUT2D eigenvalue weighted by atomic mass is 10.1. The molecule has 0 unspecified atom stereocenters. The van der Waals surface area contributed by atoms with Crippen LogP contribution in [-0.2, 0) is 6.54 Å². The molecule has 0 bridgehead atoms. The molecule has 3 N–H and O–H groups in total. The van der Waals surface area contributed by atoms with Crippen LogP contribution in [0.1, 0.15) is 21.9 Å². The lowest BCUT2D eigenvalue weighted by molar-refractivity contribution is 0.0944. The zero-order valence-electron chi connectivity index (χ0n) is 11.3. The van der Waals surface area contributed by atoms with Gasteiger partial charge < -0.3 is 5.32 Å². The summed E-state index contributed by atoms with van der Waals surface area (Å²) in [6, 6.07) is 9.69. The number of nitrogens with zero attached hydrogens (tertiary/aromatic N) is 4. The average Bonchev–Trinajstić information content (AvgIpc) is 3.15. The van der Waals surface area contributed by atoms with E-state index in [0.29, 0.717) is 11.5 Å². The third-order valence-electron chi connectivity index (χ3n) is 3.08. The first kappa shape index (κ1) is 13.0. The summed E-state index contributed by atoms with van der Waals surface area (Å²) in [5.74, 6) is 0.163. The van der Waals surface area contributed by atoms with Gasteiger partial charge in [0.05, 0.1) is 12.2 Å². The molecule has 0 fully saturated rings. The molecule has 0 aliphatic rings. The molecule has 8 nitrogen and oxygen atoms in total. The number of carbonyl (C=O) groups excluding carboxylic acids is 1. The zero-order chi connectivity index (χ0) is 14.7. The van der Waals surface area contributed by atoms with Gasteiger partial charge in [-0.15, -0.1) is 10.2 Å². The highest BCUT2D eigenvalue weighted by molar-refractivity contribution is 5.95. The van der Waals surface area contributed by atoms with E-state index in [2.05, 4.69) is 36.1 Å². The molecule has 2 aromatic heterocycles. The Morgan fingerprint density at radius 2 is 2.05 bits per heavy atom. The smallest absolute Gasteiger partial charge is 0.269 e. The number of rotatable bonds is 4. The van der Waals surface area contributed by atoms with Crippen LogP contribution in [0, 0.1) is 6.92 Å². The van der Waals surface area contributed by atoms with Crippen LogP contribution in [0.15, 0.2) is 30.3 Å². The number of nitrogens with one attached hydrogen (secondary N) is 3. The molecule has 1 aromatic carbocycles. The maximum Gasteiger partial charge on any atom is 0.269 e. The minimum Gasteiger partial charge on any atom is -0.343 e. The number of hydrogen-bond donors (Lipinski definition) is 3. The van der Waals surface area contributed by atoms with Gasteiger partial charge in [0, 0.05) is 11.1 Å². The zero-order valence-corrected chi connectivity index (χ0v) is 11.3. The van der Waals surface area contributed by atoms with Crippen LogP contribution in [0.3, 0.4) is 0 Å². The largest absolute Gasteiger partial charge is 0.343 e. The van der Waals surface area contributed by atoms with Gasteiger partial charge in [-0.2, -0.15) is 10.3 Å². The van der Waals surface area contributed by atoms with E-state index < -0.39 is 0 Å². The highest BCUT2D eigenvalue weighted by Crippen LogP contribution is 2.22. The van der Waals surface area contributed by atoms with E-state index in [-0.39, 0.29) is 12.5 Å². The summed E-state index contributed by atoms with van der Waals surface area (Å²) in [5, 5.41) is 23.0. The van der Waals surface area contributed by atoms with Crippen LogP contribution in [0.4, 0.5) is 0 Å². The molecular weight excluding hydrogens is 270 g/mol. The van der Waals surface area contributed by atoms with E-state index in [0.717, 1.165) is 16.8 Å². The number of aromatic nitrogens is 6. The van der Waals surface area contributed by atoms with Crippen molar-refractivity contribution in [3.63, 3.8) is 0 Å². The molecule has 8 heteroatoms. The van der Waals surface area contributed by atoms with Crippen molar-refractivity contribution in [2.75, 3.05) is 0 Å². The topological polar surface area (TPSA) is 112 Å². The molecule has 3 rings (SSSR count). The number of benzene rings is 1. The average molecular weight is 283 g/mol.